The van der Waals surface area contributed by atoms with Crippen LogP contribution in [0.3, 0.4) is 0 Å². The highest BCUT2D eigenvalue weighted by Crippen LogP contribution is 2.41. The molecule has 0 bridgehead atoms. The monoisotopic (exact) mass is 610 g/mol. The maximum absolute atomic E-state index is 14.3. The fourth-order valence-corrected chi connectivity index (χ4v) is 7.34. The summed E-state index contributed by atoms with van der Waals surface area (Å²) in [6, 6.07) is 20.7. The first-order chi connectivity index (χ1) is 20.7. The molecule has 0 saturated carbocycles. The minimum atomic E-state index is -0.522. The van der Waals surface area contributed by atoms with Gasteiger partial charge >= 0.3 is 0 Å². The third-order valence-electron chi connectivity index (χ3n) is 8.19. The van der Waals surface area contributed by atoms with Crippen LogP contribution in [0.25, 0.3) is 17.5 Å². The summed E-state index contributed by atoms with van der Waals surface area (Å²) >= 11 is 7.20. The van der Waals surface area contributed by atoms with Crippen molar-refractivity contribution < 1.29 is 9.31 Å². The molecule has 0 N–H and O–H groups in total. The zero-order valence-electron chi connectivity index (χ0n) is 23.2. The molecule has 1 atom stereocenters. The zero-order valence-corrected chi connectivity index (χ0v) is 24.7. The molecule has 7 nitrogen and oxygen atoms in total. The van der Waals surface area contributed by atoms with E-state index >= 15 is 0 Å². The minimum Gasteiger partial charge on any atom is -0.318 e. The van der Waals surface area contributed by atoms with Crippen LogP contribution in [-0.4, -0.2) is 14.1 Å². The first-order valence-electron chi connectivity index (χ1n) is 13.7. The maximum atomic E-state index is 14.3. The largest absolute Gasteiger partial charge is 0.318 e. The molecule has 2 aliphatic rings. The number of nitro benzene ring substituents is 1. The predicted molar refractivity (Wildman–Crippen MR) is 166 cm³/mol. The average Bonchev–Trinajstić information content (AvgIpc) is 3.46. The van der Waals surface area contributed by atoms with Gasteiger partial charge in [0.05, 0.1) is 26.2 Å². The first-order valence-corrected chi connectivity index (χ1v) is 14.9. The van der Waals surface area contributed by atoms with Crippen molar-refractivity contribution in [3.63, 3.8) is 0 Å². The molecule has 1 aliphatic carbocycles. The molecule has 0 amide bonds. The van der Waals surface area contributed by atoms with Gasteiger partial charge in [0, 0.05) is 34.8 Å². The highest BCUT2D eigenvalue weighted by atomic mass is 35.5. The molecular weight excluding hydrogens is 587 g/mol. The Hall–Kier alpha value is -4.60. The predicted octanol–water partition coefficient (Wildman–Crippen LogP) is 6.43. The quantitative estimate of drug-likeness (QED) is 0.174. The molecule has 3 heterocycles. The van der Waals surface area contributed by atoms with E-state index in [1.165, 1.54) is 35.1 Å². The summed E-state index contributed by atoms with van der Waals surface area (Å²) in [5.74, 6) is -0.506. The number of benzene rings is 3. The SMILES string of the molecule is Cc1cc(/C=c2\sc3n(c2=O)[C@@H](c2cccc([N+](=O)[O-])c2)C2=C(N=3)c3ccccc3CC2)c(C)n1-c1ccc(Cl)c(F)c1. The van der Waals surface area contributed by atoms with E-state index in [0.717, 1.165) is 40.2 Å². The smallest absolute Gasteiger partial charge is 0.271 e. The van der Waals surface area contributed by atoms with E-state index in [1.807, 2.05) is 54.8 Å². The Kier molecular flexibility index (Phi) is 6.52. The maximum Gasteiger partial charge on any atom is 0.271 e. The van der Waals surface area contributed by atoms with Crippen LogP contribution >= 0.6 is 22.9 Å². The Labute approximate surface area is 254 Å². The second-order valence-corrected chi connectivity index (χ2v) is 12.1. The van der Waals surface area contributed by atoms with Crippen molar-refractivity contribution in [2.75, 3.05) is 0 Å². The average molecular weight is 611 g/mol. The van der Waals surface area contributed by atoms with Gasteiger partial charge in [0.2, 0.25) is 0 Å². The highest BCUT2D eigenvalue weighted by Gasteiger charge is 2.33. The number of thiazole rings is 1. The van der Waals surface area contributed by atoms with Gasteiger partial charge in [0.1, 0.15) is 5.82 Å². The molecule has 43 heavy (non-hydrogen) atoms. The van der Waals surface area contributed by atoms with Crippen molar-refractivity contribution in [2.24, 2.45) is 4.99 Å². The van der Waals surface area contributed by atoms with Crippen molar-refractivity contribution >= 4 is 40.4 Å². The zero-order chi connectivity index (χ0) is 30.0. The van der Waals surface area contributed by atoms with E-state index in [0.29, 0.717) is 27.0 Å². The molecule has 0 saturated heterocycles. The van der Waals surface area contributed by atoms with Crippen molar-refractivity contribution in [2.45, 2.75) is 32.7 Å². The Bertz CT molecular complexity index is 2210. The van der Waals surface area contributed by atoms with Crippen LogP contribution < -0.4 is 14.9 Å². The number of hydrogen-bond donors (Lipinski definition) is 0. The van der Waals surface area contributed by atoms with Gasteiger partial charge in [-0.05, 0) is 79.3 Å². The highest BCUT2D eigenvalue weighted by molar-refractivity contribution is 7.07. The van der Waals surface area contributed by atoms with Gasteiger partial charge in [-0.25, -0.2) is 9.38 Å². The van der Waals surface area contributed by atoms with Gasteiger partial charge in [-0.2, -0.15) is 0 Å². The number of non-ortho nitro benzene ring substituents is 1. The van der Waals surface area contributed by atoms with Gasteiger partial charge in [0.25, 0.3) is 11.2 Å². The van der Waals surface area contributed by atoms with Crippen molar-refractivity contribution in [1.82, 2.24) is 9.13 Å². The number of nitro groups is 1. The Balaban J connectivity index is 1.44. The van der Waals surface area contributed by atoms with Crippen LogP contribution in [0.5, 0.6) is 0 Å². The molecule has 0 unspecified atom stereocenters. The topological polar surface area (TPSA) is 82.4 Å². The van der Waals surface area contributed by atoms with Crippen molar-refractivity contribution in [3.8, 4) is 5.69 Å². The summed E-state index contributed by atoms with van der Waals surface area (Å²) in [6.07, 6.45) is 3.32. The van der Waals surface area contributed by atoms with Crippen LogP contribution in [0, 0.1) is 29.8 Å². The number of fused-ring (bicyclic) bond motifs is 3. The van der Waals surface area contributed by atoms with Crippen LogP contribution in [-0.2, 0) is 6.42 Å². The van der Waals surface area contributed by atoms with Gasteiger partial charge in [-0.1, -0.05) is 59.3 Å². The minimum absolute atomic E-state index is 0.0268. The lowest BCUT2D eigenvalue weighted by molar-refractivity contribution is -0.384. The Morgan fingerprint density at radius 1 is 1.07 bits per heavy atom. The van der Waals surface area contributed by atoms with Crippen molar-refractivity contribution in [3.05, 3.63) is 153 Å². The number of nitrogens with zero attached hydrogens (tertiary/aromatic N) is 4. The van der Waals surface area contributed by atoms with E-state index in [2.05, 4.69) is 6.07 Å². The number of halogens is 2. The Morgan fingerprint density at radius 2 is 1.88 bits per heavy atom. The van der Waals surface area contributed by atoms with Crippen LogP contribution in [0.1, 0.15) is 46.1 Å². The molecule has 5 aromatic rings. The fourth-order valence-electron chi connectivity index (χ4n) is 6.23. The Morgan fingerprint density at radius 3 is 2.67 bits per heavy atom. The number of aromatic nitrogens is 2. The summed E-state index contributed by atoms with van der Waals surface area (Å²) < 4.78 is 18.4. The summed E-state index contributed by atoms with van der Waals surface area (Å²) in [5, 5.41) is 11.7. The lowest BCUT2D eigenvalue weighted by Crippen LogP contribution is -2.38. The molecule has 0 fully saturated rings. The standard InChI is InChI=1S/C33H24ClFN4O3S/c1-18-14-22(19(2)37(18)23-11-13-27(34)28(35)17-23)16-29-32(40)38-31(21-7-5-8-24(15-21)39(41)42)26-12-10-20-6-3-4-9-25(20)30(26)36-33(38)43-29/h3-9,11,13-17,31H,10,12H2,1-2H3/b29-16-/t31-/m0/s1. The van der Waals surface area contributed by atoms with E-state index in [9.17, 15) is 19.3 Å². The molecule has 3 aromatic carbocycles. The second-order valence-electron chi connectivity index (χ2n) is 10.7. The lowest BCUT2D eigenvalue weighted by atomic mass is 9.83. The second kappa shape index (κ2) is 10.3. The third-order valence-corrected chi connectivity index (χ3v) is 9.48. The first kappa shape index (κ1) is 27.2. The molecule has 0 radical (unpaired) electrons. The van der Waals surface area contributed by atoms with Crippen LogP contribution in [0.15, 0.2) is 88.2 Å². The molecule has 0 spiro atoms. The molecule has 2 aromatic heterocycles. The fraction of sp³-hybridized carbons (Fsp3) is 0.152. The number of allylic oxidation sites excluding steroid dienone is 1. The van der Waals surface area contributed by atoms with Gasteiger partial charge in [-0.15, -0.1) is 0 Å². The van der Waals surface area contributed by atoms with E-state index in [1.54, 1.807) is 22.8 Å². The third kappa shape index (κ3) is 4.47. The normalized spacial score (nSPS) is 16.0. The van der Waals surface area contributed by atoms with Gasteiger partial charge < -0.3 is 4.57 Å². The van der Waals surface area contributed by atoms with Gasteiger partial charge in [0.15, 0.2) is 4.80 Å². The molecule has 7 rings (SSSR count). The van der Waals surface area contributed by atoms with Crippen LogP contribution in [0.4, 0.5) is 10.1 Å². The lowest BCUT2D eigenvalue weighted by Gasteiger charge is -2.30. The van der Waals surface area contributed by atoms with Crippen molar-refractivity contribution in [1.29, 1.82) is 0 Å². The van der Waals surface area contributed by atoms with Gasteiger partial charge in [-0.3, -0.25) is 19.5 Å². The summed E-state index contributed by atoms with van der Waals surface area (Å²) in [7, 11) is 0. The molecular formula is C33H24ClFN4O3S. The summed E-state index contributed by atoms with van der Waals surface area (Å²) in [5.41, 5.74) is 7.61. The molecule has 214 valence electrons. The van der Waals surface area contributed by atoms with E-state index in [-0.39, 0.29) is 16.3 Å². The van der Waals surface area contributed by atoms with Crippen LogP contribution in [0.2, 0.25) is 5.02 Å². The van der Waals surface area contributed by atoms with E-state index in [4.69, 9.17) is 16.6 Å². The number of aryl methyl sites for hydroxylation is 2. The summed E-state index contributed by atoms with van der Waals surface area (Å²) in [6.45, 7) is 3.84. The van der Waals surface area contributed by atoms with E-state index < -0.39 is 16.8 Å². The number of hydrogen-bond acceptors (Lipinski definition) is 5. The molecule has 1 aliphatic heterocycles. The summed E-state index contributed by atoms with van der Waals surface area (Å²) in [4.78, 5) is 31.0. The number of rotatable bonds is 4. The molecule has 10 heteroatoms.